The van der Waals surface area contributed by atoms with Crippen molar-refractivity contribution in [1.82, 2.24) is 4.98 Å². The topological polar surface area (TPSA) is 39.2 Å². The second kappa shape index (κ2) is 5.85. The zero-order valence-corrected chi connectivity index (χ0v) is 11.6. The van der Waals surface area contributed by atoms with Crippen molar-refractivity contribution in [2.24, 2.45) is 0 Å². The number of hydrogen-bond donors (Lipinski definition) is 0. The van der Waals surface area contributed by atoms with E-state index in [0.717, 1.165) is 12.0 Å². The molecule has 0 aliphatic carbocycles. The summed E-state index contributed by atoms with van der Waals surface area (Å²) in [6.07, 6.45) is 2.42. The third kappa shape index (κ3) is 2.93. The second-order valence-corrected chi connectivity index (χ2v) is 4.51. The molecule has 0 unspecified atom stereocenters. The van der Waals surface area contributed by atoms with Gasteiger partial charge in [-0.3, -0.25) is 4.79 Å². The van der Waals surface area contributed by atoms with Crippen molar-refractivity contribution in [1.29, 1.82) is 0 Å². The van der Waals surface area contributed by atoms with Crippen LogP contribution >= 0.6 is 11.6 Å². The molecule has 1 heterocycles. The first-order chi connectivity index (χ1) is 9.15. The van der Waals surface area contributed by atoms with E-state index < -0.39 is 0 Å². The molecule has 1 aromatic heterocycles. The maximum absolute atomic E-state index is 12.5. The van der Waals surface area contributed by atoms with Crippen LogP contribution in [0.3, 0.4) is 0 Å². The Morgan fingerprint density at radius 3 is 2.58 bits per heavy atom. The van der Waals surface area contributed by atoms with Gasteiger partial charge in [-0.05, 0) is 36.2 Å². The number of ether oxygens (including phenoxy) is 1. The van der Waals surface area contributed by atoms with Crippen LogP contribution in [0, 0.1) is 0 Å². The zero-order valence-electron chi connectivity index (χ0n) is 10.8. The van der Waals surface area contributed by atoms with Crippen LogP contribution in [0.2, 0.25) is 5.02 Å². The van der Waals surface area contributed by atoms with Crippen molar-refractivity contribution in [3.63, 3.8) is 0 Å². The summed E-state index contributed by atoms with van der Waals surface area (Å²) >= 11 is 5.83. The molecule has 4 heteroatoms. The molecule has 1 aromatic carbocycles. The van der Waals surface area contributed by atoms with Crippen LogP contribution in [0.5, 0.6) is 5.88 Å². The molecule has 0 bridgehead atoms. The van der Waals surface area contributed by atoms with E-state index in [2.05, 4.69) is 4.98 Å². The van der Waals surface area contributed by atoms with E-state index in [9.17, 15) is 4.79 Å². The quantitative estimate of drug-likeness (QED) is 0.801. The largest absolute Gasteiger partial charge is 0.481 e. The number of benzene rings is 1. The average molecular weight is 276 g/mol. The number of nitrogens with zero attached hydrogens (tertiary/aromatic N) is 1. The summed E-state index contributed by atoms with van der Waals surface area (Å²) < 4.78 is 5.08. The predicted molar refractivity (Wildman–Crippen MR) is 75.1 cm³/mol. The van der Waals surface area contributed by atoms with Gasteiger partial charge in [0, 0.05) is 28.4 Å². The van der Waals surface area contributed by atoms with Gasteiger partial charge in [-0.2, -0.15) is 0 Å². The molecule has 0 radical (unpaired) electrons. The van der Waals surface area contributed by atoms with Gasteiger partial charge in [-0.1, -0.05) is 18.5 Å². The normalized spacial score (nSPS) is 10.3. The highest BCUT2D eigenvalue weighted by atomic mass is 35.5. The number of hydrogen-bond acceptors (Lipinski definition) is 3. The molecule has 0 N–H and O–H groups in total. The third-order valence-electron chi connectivity index (χ3n) is 2.90. The number of halogens is 1. The van der Waals surface area contributed by atoms with Crippen molar-refractivity contribution in [3.05, 3.63) is 58.2 Å². The predicted octanol–water partition coefficient (Wildman–Crippen LogP) is 3.54. The first kappa shape index (κ1) is 13.6. The van der Waals surface area contributed by atoms with Crippen molar-refractivity contribution in [2.45, 2.75) is 13.3 Å². The Labute approximate surface area is 117 Å². The van der Waals surface area contributed by atoms with E-state index >= 15 is 0 Å². The second-order valence-electron chi connectivity index (χ2n) is 4.07. The number of aryl methyl sites for hydroxylation is 1. The number of aromatic nitrogens is 1. The molecule has 2 aromatic rings. The molecule has 0 spiro atoms. The number of carbonyl (C=O) groups excluding carboxylic acids is 1. The Balaban J connectivity index is 2.44. The number of pyridine rings is 1. The number of rotatable bonds is 4. The van der Waals surface area contributed by atoms with Gasteiger partial charge in [-0.25, -0.2) is 4.98 Å². The van der Waals surface area contributed by atoms with Crippen LogP contribution < -0.4 is 4.74 Å². The first-order valence-corrected chi connectivity index (χ1v) is 6.36. The molecule has 2 rings (SSSR count). The summed E-state index contributed by atoms with van der Waals surface area (Å²) in [5.74, 6) is 0.392. The van der Waals surface area contributed by atoms with Crippen LogP contribution in [0.25, 0.3) is 0 Å². The fourth-order valence-electron chi connectivity index (χ4n) is 1.83. The lowest BCUT2D eigenvalue weighted by molar-refractivity contribution is 0.103. The summed E-state index contributed by atoms with van der Waals surface area (Å²) in [5, 5.41) is 0.611. The highest BCUT2D eigenvalue weighted by molar-refractivity contribution is 6.30. The van der Waals surface area contributed by atoms with Gasteiger partial charge in [0.15, 0.2) is 5.78 Å². The molecule has 19 heavy (non-hydrogen) atoms. The number of methoxy groups -OCH3 is 1. The average Bonchev–Trinajstić information content (AvgIpc) is 2.46. The smallest absolute Gasteiger partial charge is 0.213 e. The van der Waals surface area contributed by atoms with Gasteiger partial charge in [0.1, 0.15) is 0 Å². The highest BCUT2D eigenvalue weighted by Gasteiger charge is 2.14. The van der Waals surface area contributed by atoms with Gasteiger partial charge in [0.05, 0.1) is 7.11 Å². The van der Waals surface area contributed by atoms with Gasteiger partial charge < -0.3 is 4.74 Å². The van der Waals surface area contributed by atoms with Crippen molar-refractivity contribution >= 4 is 17.4 Å². The summed E-state index contributed by atoms with van der Waals surface area (Å²) in [7, 11) is 1.53. The van der Waals surface area contributed by atoms with E-state index in [1.165, 1.54) is 7.11 Å². The van der Waals surface area contributed by atoms with E-state index in [1.54, 1.807) is 36.5 Å². The van der Waals surface area contributed by atoms with Crippen molar-refractivity contribution < 1.29 is 9.53 Å². The lowest BCUT2D eigenvalue weighted by Crippen LogP contribution is -2.06. The zero-order chi connectivity index (χ0) is 13.8. The fraction of sp³-hybridized carbons (Fsp3) is 0.200. The van der Waals surface area contributed by atoms with Gasteiger partial charge in [-0.15, -0.1) is 0 Å². The van der Waals surface area contributed by atoms with Crippen LogP contribution in [-0.2, 0) is 6.42 Å². The van der Waals surface area contributed by atoms with E-state index in [-0.39, 0.29) is 5.78 Å². The summed E-state index contributed by atoms with van der Waals surface area (Å²) in [6.45, 7) is 1.99. The van der Waals surface area contributed by atoms with Gasteiger partial charge in [0.25, 0.3) is 0 Å². The Morgan fingerprint density at radius 2 is 2.00 bits per heavy atom. The van der Waals surface area contributed by atoms with Crippen LogP contribution in [0.15, 0.2) is 36.5 Å². The first-order valence-electron chi connectivity index (χ1n) is 5.99. The molecule has 3 nitrogen and oxygen atoms in total. The number of carbonyl (C=O) groups is 1. The fourth-order valence-corrected chi connectivity index (χ4v) is 1.95. The lowest BCUT2D eigenvalue weighted by Gasteiger charge is -2.08. The van der Waals surface area contributed by atoms with Gasteiger partial charge in [0.2, 0.25) is 5.88 Å². The molecular weight excluding hydrogens is 262 g/mol. The Bertz CT molecular complexity index is 594. The summed E-state index contributed by atoms with van der Waals surface area (Å²) in [6, 6.07) is 8.53. The molecule has 0 aliphatic heterocycles. The minimum Gasteiger partial charge on any atom is -0.481 e. The molecule has 0 saturated carbocycles. The highest BCUT2D eigenvalue weighted by Crippen LogP contribution is 2.20. The summed E-state index contributed by atoms with van der Waals surface area (Å²) in [4.78, 5) is 16.6. The SMILES string of the molecule is CCc1cnc(OC)cc1C(=O)c1ccc(Cl)cc1. The molecule has 0 saturated heterocycles. The minimum absolute atomic E-state index is 0.0470. The van der Waals surface area contributed by atoms with Crippen LogP contribution in [0.4, 0.5) is 0 Å². The molecular formula is C15H14ClNO2. The Morgan fingerprint density at radius 1 is 1.32 bits per heavy atom. The molecule has 0 atom stereocenters. The molecule has 0 amide bonds. The lowest BCUT2D eigenvalue weighted by atomic mass is 9.99. The van der Waals surface area contributed by atoms with Crippen molar-refractivity contribution in [3.8, 4) is 5.88 Å². The van der Waals surface area contributed by atoms with E-state index in [1.807, 2.05) is 6.92 Å². The molecule has 0 aliphatic rings. The maximum Gasteiger partial charge on any atom is 0.213 e. The Hall–Kier alpha value is -1.87. The maximum atomic E-state index is 12.5. The monoisotopic (exact) mass is 275 g/mol. The minimum atomic E-state index is -0.0470. The van der Waals surface area contributed by atoms with E-state index in [0.29, 0.717) is 22.0 Å². The third-order valence-corrected chi connectivity index (χ3v) is 3.15. The van der Waals surface area contributed by atoms with Crippen LogP contribution in [-0.4, -0.2) is 17.9 Å². The number of ketones is 1. The van der Waals surface area contributed by atoms with Gasteiger partial charge >= 0.3 is 0 Å². The Kier molecular flexibility index (Phi) is 4.17. The molecule has 0 fully saturated rings. The molecule has 98 valence electrons. The van der Waals surface area contributed by atoms with Crippen LogP contribution in [0.1, 0.15) is 28.4 Å². The van der Waals surface area contributed by atoms with E-state index in [4.69, 9.17) is 16.3 Å². The summed E-state index contributed by atoms with van der Waals surface area (Å²) in [5.41, 5.74) is 2.13. The van der Waals surface area contributed by atoms with Crippen molar-refractivity contribution in [2.75, 3.05) is 7.11 Å². The standard InChI is InChI=1S/C15H14ClNO2/c1-3-10-9-17-14(19-2)8-13(10)15(18)11-4-6-12(16)7-5-11/h4-9H,3H2,1-2H3.